The van der Waals surface area contributed by atoms with Gasteiger partial charge in [0.05, 0.1) is 17.7 Å². The van der Waals surface area contributed by atoms with Crippen molar-refractivity contribution in [2.24, 2.45) is 5.73 Å². The molecule has 2 N–H and O–H groups in total. The van der Waals surface area contributed by atoms with Crippen LogP contribution >= 0.6 is 0 Å². The monoisotopic (exact) mass is 227 g/mol. The molecule has 1 aromatic rings. The Morgan fingerprint density at radius 3 is 2.94 bits per heavy atom. The molecule has 0 aromatic heterocycles. The number of terminal acetylenes is 1. The summed E-state index contributed by atoms with van der Waals surface area (Å²) < 4.78 is 0. The highest BCUT2D eigenvalue weighted by atomic mass is 16.2. The summed E-state index contributed by atoms with van der Waals surface area (Å²) in [6, 6.07) is 8.05. The first-order valence-corrected chi connectivity index (χ1v) is 5.07. The Bertz CT molecular complexity index is 496. The van der Waals surface area contributed by atoms with Crippen molar-refractivity contribution >= 4 is 11.6 Å². The van der Waals surface area contributed by atoms with Crippen molar-refractivity contribution in [3.05, 3.63) is 29.8 Å². The van der Waals surface area contributed by atoms with Gasteiger partial charge < -0.3 is 10.6 Å². The molecule has 0 radical (unpaired) electrons. The standard InChI is InChI=1S/C13H13N3O/c1-3-5-12(15)13(17)16(2)11-7-4-6-10(8-11)9-14/h1,4,6-8,12H,5,15H2,2H3. The fraction of sp³-hybridized carbons (Fsp3) is 0.231. The Hall–Kier alpha value is -2.30. The molecule has 0 spiro atoms. The number of carbonyl (C=O) groups is 1. The largest absolute Gasteiger partial charge is 0.319 e. The molecule has 0 saturated heterocycles. The van der Waals surface area contributed by atoms with Crippen LogP contribution in [0, 0.1) is 23.7 Å². The molecule has 0 saturated carbocycles. The lowest BCUT2D eigenvalue weighted by Crippen LogP contribution is -2.41. The van der Waals surface area contributed by atoms with Gasteiger partial charge in [-0.2, -0.15) is 5.26 Å². The molecule has 17 heavy (non-hydrogen) atoms. The predicted octanol–water partition coefficient (Wildman–Crippen LogP) is 0.872. The van der Waals surface area contributed by atoms with Crippen LogP contribution in [-0.2, 0) is 4.79 Å². The quantitative estimate of drug-likeness (QED) is 0.779. The zero-order valence-electron chi connectivity index (χ0n) is 9.55. The molecule has 1 aromatic carbocycles. The van der Waals surface area contributed by atoms with E-state index in [0.717, 1.165) is 0 Å². The second-order valence-electron chi connectivity index (χ2n) is 3.57. The van der Waals surface area contributed by atoms with Crippen LogP contribution in [0.2, 0.25) is 0 Å². The number of carbonyl (C=O) groups excluding carboxylic acids is 1. The van der Waals surface area contributed by atoms with E-state index in [9.17, 15) is 4.79 Å². The summed E-state index contributed by atoms with van der Waals surface area (Å²) in [4.78, 5) is 13.3. The third-order valence-electron chi connectivity index (χ3n) is 2.35. The maximum Gasteiger partial charge on any atom is 0.244 e. The Kier molecular flexibility index (Phi) is 4.28. The van der Waals surface area contributed by atoms with Gasteiger partial charge in [0.2, 0.25) is 5.91 Å². The van der Waals surface area contributed by atoms with Crippen LogP contribution in [0.15, 0.2) is 24.3 Å². The molecule has 0 bridgehead atoms. The van der Waals surface area contributed by atoms with Gasteiger partial charge in [0.1, 0.15) is 0 Å². The highest BCUT2D eigenvalue weighted by Gasteiger charge is 2.18. The minimum absolute atomic E-state index is 0.196. The minimum atomic E-state index is -0.712. The van der Waals surface area contributed by atoms with E-state index in [1.165, 1.54) is 4.90 Å². The van der Waals surface area contributed by atoms with Crippen LogP contribution in [0.25, 0.3) is 0 Å². The van der Waals surface area contributed by atoms with E-state index in [0.29, 0.717) is 11.3 Å². The number of rotatable bonds is 3. The predicted molar refractivity (Wildman–Crippen MR) is 66.0 cm³/mol. The van der Waals surface area contributed by atoms with Gasteiger partial charge in [0.25, 0.3) is 0 Å². The number of hydrogen-bond acceptors (Lipinski definition) is 3. The van der Waals surface area contributed by atoms with E-state index in [1.807, 2.05) is 6.07 Å². The number of nitrogens with zero attached hydrogens (tertiary/aromatic N) is 2. The molecule has 0 heterocycles. The summed E-state index contributed by atoms with van der Waals surface area (Å²) in [5.74, 6) is 2.09. The summed E-state index contributed by atoms with van der Waals surface area (Å²) in [5.41, 5.74) is 6.76. The molecule has 4 nitrogen and oxygen atoms in total. The van der Waals surface area contributed by atoms with Gasteiger partial charge in [-0.05, 0) is 18.2 Å². The first kappa shape index (κ1) is 12.8. The lowest BCUT2D eigenvalue weighted by molar-refractivity contribution is -0.119. The topological polar surface area (TPSA) is 70.1 Å². The maximum absolute atomic E-state index is 11.9. The first-order chi connectivity index (χ1) is 8.10. The van der Waals surface area contributed by atoms with E-state index in [-0.39, 0.29) is 12.3 Å². The molecule has 0 aliphatic heterocycles. The van der Waals surface area contributed by atoms with Crippen molar-refractivity contribution in [1.82, 2.24) is 0 Å². The van der Waals surface area contributed by atoms with E-state index < -0.39 is 6.04 Å². The van der Waals surface area contributed by atoms with E-state index >= 15 is 0 Å². The van der Waals surface area contributed by atoms with Crippen LogP contribution in [0.4, 0.5) is 5.69 Å². The summed E-state index contributed by atoms with van der Waals surface area (Å²) in [5, 5.41) is 8.77. The van der Waals surface area contributed by atoms with Crippen LogP contribution in [0.3, 0.4) is 0 Å². The zero-order chi connectivity index (χ0) is 12.8. The Morgan fingerprint density at radius 2 is 2.35 bits per heavy atom. The van der Waals surface area contributed by atoms with Gasteiger partial charge in [-0.15, -0.1) is 12.3 Å². The minimum Gasteiger partial charge on any atom is -0.319 e. The summed E-state index contributed by atoms with van der Waals surface area (Å²) >= 11 is 0. The van der Waals surface area contributed by atoms with Crippen LogP contribution in [-0.4, -0.2) is 19.0 Å². The highest BCUT2D eigenvalue weighted by Crippen LogP contribution is 2.15. The molecule has 0 fully saturated rings. The van der Waals surface area contributed by atoms with Crippen LogP contribution in [0.1, 0.15) is 12.0 Å². The Balaban J connectivity index is 2.89. The Morgan fingerprint density at radius 1 is 1.65 bits per heavy atom. The van der Waals surface area contributed by atoms with Crippen molar-refractivity contribution in [2.75, 3.05) is 11.9 Å². The molecule has 1 rings (SSSR count). The SMILES string of the molecule is C#CCC(N)C(=O)N(C)c1cccc(C#N)c1. The average molecular weight is 227 g/mol. The lowest BCUT2D eigenvalue weighted by atomic mass is 10.1. The average Bonchev–Trinajstić information content (AvgIpc) is 2.37. The van der Waals surface area contributed by atoms with Crippen molar-refractivity contribution in [3.8, 4) is 18.4 Å². The molecular formula is C13H13N3O. The van der Waals surface area contributed by atoms with Gasteiger partial charge in [-0.3, -0.25) is 4.79 Å². The number of likely N-dealkylation sites (N-methyl/N-ethyl adjacent to an activating group) is 1. The van der Waals surface area contributed by atoms with Gasteiger partial charge in [0, 0.05) is 19.2 Å². The highest BCUT2D eigenvalue weighted by molar-refractivity contribution is 5.96. The normalized spacial score (nSPS) is 11.1. The molecule has 1 unspecified atom stereocenters. The van der Waals surface area contributed by atoms with Gasteiger partial charge >= 0.3 is 0 Å². The van der Waals surface area contributed by atoms with Crippen molar-refractivity contribution in [2.45, 2.75) is 12.5 Å². The second kappa shape index (κ2) is 5.69. The Labute approximate surface area is 101 Å². The first-order valence-electron chi connectivity index (χ1n) is 5.07. The molecule has 0 aliphatic carbocycles. The lowest BCUT2D eigenvalue weighted by Gasteiger charge is -2.20. The third kappa shape index (κ3) is 3.07. The van der Waals surface area contributed by atoms with Crippen LogP contribution in [0.5, 0.6) is 0 Å². The summed E-state index contributed by atoms with van der Waals surface area (Å²) in [6.07, 6.45) is 5.30. The number of nitriles is 1. The number of anilines is 1. The molecule has 4 heteroatoms. The number of amides is 1. The summed E-state index contributed by atoms with van der Waals surface area (Å²) in [6.45, 7) is 0. The maximum atomic E-state index is 11.9. The van der Waals surface area contributed by atoms with Gasteiger partial charge in [0.15, 0.2) is 0 Å². The molecule has 86 valence electrons. The fourth-order valence-corrected chi connectivity index (χ4v) is 1.37. The van der Waals surface area contributed by atoms with Crippen molar-refractivity contribution in [3.63, 3.8) is 0 Å². The van der Waals surface area contributed by atoms with E-state index in [4.69, 9.17) is 17.4 Å². The molecule has 0 aliphatic rings. The zero-order valence-corrected chi connectivity index (χ0v) is 9.55. The third-order valence-corrected chi connectivity index (χ3v) is 2.35. The fourth-order valence-electron chi connectivity index (χ4n) is 1.37. The van der Waals surface area contributed by atoms with Gasteiger partial charge in [-0.1, -0.05) is 6.07 Å². The van der Waals surface area contributed by atoms with Crippen molar-refractivity contribution < 1.29 is 4.79 Å². The number of nitrogens with two attached hydrogens (primary N) is 1. The van der Waals surface area contributed by atoms with Gasteiger partial charge in [-0.25, -0.2) is 0 Å². The van der Waals surface area contributed by atoms with Crippen molar-refractivity contribution in [1.29, 1.82) is 5.26 Å². The van der Waals surface area contributed by atoms with Crippen LogP contribution < -0.4 is 10.6 Å². The molecular weight excluding hydrogens is 214 g/mol. The van der Waals surface area contributed by atoms with E-state index in [2.05, 4.69) is 5.92 Å². The smallest absolute Gasteiger partial charge is 0.244 e. The number of hydrogen-bond donors (Lipinski definition) is 1. The van der Waals surface area contributed by atoms with E-state index in [1.54, 1.807) is 31.3 Å². The number of benzene rings is 1. The molecule has 1 amide bonds. The second-order valence-corrected chi connectivity index (χ2v) is 3.57. The molecule has 1 atom stereocenters. The summed E-state index contributed by atoms with van der Waals surface area (Å²) in [7, 11) is 1.61.